The van der Waals surface area contributed by atoms with E-state index >= 15 is 0 Å². The van der Waals surface area contributed by atoms with E-state index in [-0.39, 0.29) is 12.3 Å². The molecule has 0 aliphatic heterocycles. The van der Waals surface area contributed by atoms with E-state index in [2.05, 4.69) is 10.1 Å². The highest BCUT2D eigenvalue weighted by molar-refractivity contribution is 5.93. The van der Waals surface area contributed by atoms with Gasteiger partial charge in [0.25, 0.3) is 5.91 Å². The van der Waals surface area contributed by atoms with Crippen LogP contribution in [0, 0.1) is 0 Å². The lowest BCUT2D eigenvalue weighted by Gasteiger charge is -2.07. The highest BCUT2D eigenvalue weighted by Crippen LogP contribution is 2.14. The molecule has 0 fully saturated rings. The van der Waals surface area contributed by atoms with Crippen LogP contribution in [0.1, 0.15) is 6.92 Å². The maximum atomic E-state index is 12.0. The molecule has 0 atom stereocenters. The highest BCUT2D eigenvalue weighted by atomic mass is 19.3. The van der Waals surface area contributed by atoms with E-state index in [1.807, 2.05) is 5.32 Å². The van der Waals surface area contributed by atoms with Crippen LogP contribution in [0.25, 0.3) is 0 Å². The fraction of sp³-hybridized carbons (Fsp3) is 0.273. The van der Waals surface area contributed by atoms with Gasteiger partial charge in [-0.05, 0) is 31.2 Å². The summed E-state index contributed by atoms with van der Waals surface area (Å²) in [4.78, 5) is 21.8. The summed E-state index contributed by atoms with van der Waals surface area (Å²) in [6, 6.07) is 5.69. The summed E-state index contributed by atoms with van der Waals surface area (Å²) in [5.41, 5.74) is 0.651. The third kappa shape index (κ3) is 4.36. The van der Waals surface area contributed by atoms with Gasteiger partial charge in [0.05, 0.1) is 6.61 Å². The minimum Gasteiger partial charge on any atom is -0.450 e. The third-order valence-electron chi connectivity index (χ3n) is 1.87. The lowest BCUT2D eigenvalue weighted by molar-refractivity contribution is -0.126. The molecule has 18 heavy (non-hydrogen) atoms. The minimum atomic E-state index is -3.07. The van der Waals surface area contributed by atoms with Crippen molar-refractivity contribution < 1.29 is 23.1 Å². The molecule has 0 saturated heterocycles. The monoisotopic (exact) mass is 258 g/mol. The number of benzene rings is 1. The van der Waals surface area contributed by atoms with Crippen LogP contribution >= 0.6 is 0 Å². The Morgan fingerprint density at radius 1 is 1.17 bits per heavy atom. The molecule has 0 bridgehead atoms. The smallest absolute Gasteiger partial charge is 0.411 e. The van der Waals surface area contributed by atoms with Gasteiger partial charge in [-0.2, -0.15) is 8.78 Å². The van der Waals surface area contributed by atoms with Crippen LogP contribution in [0.3, 0.4) is 0 Å². The Labute approximate surface area is 102 Å². The highest BCUT2D eigenvalue weighted by Gasteiger charge is 2.14. The van der Waals surface area contributed by atoms with Crippen molar-refractivity contribution >= 4 is 23.4 Å². The largest absolute Gasteiger partial charge is 0.450 e. The topological polar surface area (TPSA) is 67.4 Å². The molecule has 2 amide bonds. The fourth-order valence-corrected chi connectivity index (χ4v) is 1.12. The Morgan fingerprint density at radius 3 is 2.11 bits per heavy atom. The molecule has 0 unspecified atom stereocenters. The van der Waals surface area contributed by atoms with Gasteiger partial charge < -0.3 is 10.1 Å². The summed E-state index contributed by atoms with van der Waals surface area (Å²) in [5.74, 6) is -1.37. The second-order valence-corrected chi connectivity index (χ2v) is 3.21. The molecule has 0 aliphatic rings. The Hall–Kier alpha value is -2.18. The van der Waals surface area contributed by atoms with Gasteiger partial charge in [0.1, 0.15) is 0 Å². The standard InChI is InChI=1S/C11H12F2N2O3/c1-2-18-11(17)15-8-5-3-7(4-6-8)14-10(16)9(12)13/h3-6,9H,2H2,1H3,(H,14,16)(H,15,17). The molecule has 0 spiro atoms. The first kappa shape index (κ1) is 13.9. The third-order valence-corrected chi connectivity index (χ3v) is 1.87. The van der Waals surface area contributed by atoms with Gasteiger partial charge in [-0.25, -0.2) is 4.79 Å². The average Bonchev–Trinajstić information content (AvgIpc) is 2.31. The van der Waals surface area contributed by atoms with Crippen molar-refractivity contribution in [3.05, 3.63) is 24.3 Å². The van der Waals surface area contributed by atoms with Crippen LogP contribution < -0.4 is 10.6 Å². The number of alkyl halides is 2. The molecule has 0 aliphatic carbocycles. The van der Waals surface area contributed by atoms with Crippen molar-refractivity contribution in [3.8, 4) is 0 Å². The summed E-state index contributed by atoms with van der Waals surface area (Å²) >= 11 is 0. The zero-order valence-corrected chi connectivity index (χ0v) is 9.57. The molecule has 0 radical (unpaired) electrons. The maximum Gasteiger partial charge on any atom is 0.411 e. The number of amides is 2. The number of carbonyl (C=O) groups excluding carboxylic acids is 2. The molecule has 98 valence electrons. The summed E-state index contributed by atoms with van der Waals surface area (Å²) in [6.45, 7) is 1.91. The van der Waals surface area contributed by atoms with E-state index in [0.29, 0.717) is 5.69 Å². The molecule has 7 heteroatoms. The Bertz CT molecular complexity index is 421. The molecule has 0 saturated carbocycles. The Kier molecular flexibility index (Phi) is 5.04. The molecule has 2 N–H and O–H groups in total. The molecule has 5 nitrogen and oxygen atoms in total. The minimum absolute atomic E-state index is 0.217. The first-order chi connectivity index (χ1) is 8.52. The van der Waals surface area contributed by atoms with E-state index in [0.717, 1.165) is 0 Å². The van der Waals surface area contributed by atoms with Crippen molar-refractivity contribution in [2.24, 2.45) is 0 Å². The normalized spacial score (nSPS) is 10.0. The van der Waals surface area contributed by atoms with E-state index < -0.39 is 18.4 Å². The van der Waals surface area contributed by atoms with Crippen LogP contribution in [-0.4, -0.2) is 25.0 Å². The quantitative estimate of drug-likeness (QED) is 0.871. The second-order valence-electron chi connectivity index (χ2n) is 3.21. The van der Waals surface area contributed by atoms with Gasteiger partial charge >= 0.3 is 12.5 Å². The molecular weight excluding hydrogens is 246 g/mol. The van der Waals surface area contributed by atoms with Crippen LogP contribution in [-0.2, 0) is 9.53 Å². The van der Waals surface area contributed by atoms with E-state index in [1.54, 1.807) is 6.92 Å². The van der Waals surface area contributed by atoms with Gasteiger partial charge in [0.15, 0.2) is 0 Å². The maximum absolute atomic E-state index is 12.0. The molecule has 1 rings (SSSR count). The van der Waals surface area contributed by atoms with Crippen LogP contribution in [0.2, 0.25) is 0 Å². The number of hydrogen-bond donors (Lipinski definition) is 2. The lowest BCUT2D eigenvalue weighted by atomic mass is 10.3. The summed E-state index contributed by atoms with van der Waals surface area (Å²) in [5, 5.41) is 4.44. The van der Waals surface area contributed by atoms with Crippen LogP contribution in [0.5, 0.6) is 0 Å². The zero-order valence-electron chi connectivity index (χ0n) is 9.57. The van der Waals surface area contributed by atoms with E-state index in [4.69, 9.17) is 0 Å². The Balaban J connectivity index is 2.57. The van der Waals surface area contributed by atoms with Gasteiger partial charge in [0, 0.05) is 11.4 Å². The van der Waals surface area contributed by atoms with Crippen molar-refractivity contribution in [1.82, 2.24) is 0 Å². The fourth-order valence-electron chi connectivity index (χ4n) is 1.12. The predicted octanol–water partition coefficient (Wildman–Crippen LogP) is 2.46. The SMILES string of the molecule is CCOC(=O)Nc1ccc(NC(=O)C(F)F)cc1. The summed E-state index contributed by atoms with van der Waals surface area (Å²) in [7, 11) is 0. The van der Waals surface area contributed by atoms with Crippen LogP contribution in [0.15, 0.2) is 24.3 Å². The summed E-state index contributed by atoms with van der Waals surface area (Å²) < 4.78 is 28.6. The molecule has 0 aromatic heterocycles. The number of rotatable bonds is 4. The predicted molar refractivity (Wildman–Crippen MR) is 61.7 cm³/mol. The van der Waals surface area contributed by atoms with Gasteiger partial charge in [0.2, 0.25) is 0 Å². The zero-order chi connectivity index (χ0) is 13.5. The number of hydrogen-bond acceptors (Lipinski definition) is 3. The number of anilines is 2. The number of nitrogens with one attached hydrogen (secondary N) is 2. The van der Waals surface area contributed by atoms with Crippen LogP contribution in [0.4, 0.5) is 25.0 Å². The first-order valence-corrected chi connectivity index (χ1v) is 5.15. The van der Waals surface area contributed by atoms with Crippen molar-refractivity contribution in [1.29, 1.82) is 0 Å². The van der Waals surface area contributed by atoms with Gasteiger partial charge in [-0.1, -0.05) is 0 Å². The van der Waals surface area contributed by atoms with E-state index in [1.165, 1.54) is 24.3 Å². The van der Waals surface area contributed by atoms with Crippen molar-refractivity contribution in [2.45, 2.75) is 13.3 Å². The lowest BCUT2D eigenvalue weighted by Crippen LogP contribution is -2.20. The average molecular weight is 258 g/mol. The first-order valence-electron chi connectivity index (χ1n) is 5.15. The van der Waals surface area contributed by atoms with Gasteiger partial charge in [-0.3, -0.25) is 10.1 Å². The van der Waals surface area contributed by atoms with Gasteiger partial charge in [-0.15, -0.1) is 0 Å². The summed E-state index contributed by atoms with van der Waals surface area (Å²) in [6.07, 6.45) is -3.68. The molecular formula is C11H12F2N2O3. The Morgan fingerprint density at radius 2 is 1.67 bits per heavy atom. The second kappa shape index (κ2) is 6.53. The molecule has 0 heterocycles. The molecule has 1 aromatic rings. The number of ether oxygens (including phenoxy) is 1. The number of halogens is 2. The van der Waals surface area contributed by atoms with Crippen molar-refractivity contribution in [2.75, 3.05) is 17.2 Å². The molecule has 1 aromatic carbocycles. The van der Waals surface area contributed by atoms with E-state index in [9.17, 15) is 18.4 Å². The number of carbonyl (C=O) groups is 2. The van der Waals surface area contributed by atoms with Crippen molar-refractivity contribution in [3.63, 3.8) is 0 Å².